The fraction of sp³-hybridized carbons (Fsp3) is 0.400. The van der Waals surface area contributed by atoms with E-state index in [2.05, 4.69) is 0 Å². The Morgan fingerprint density at radius 1 is 1.23 bits per heavy atom. The quantitative estimate of drug-likeness (QED) is 0.686. The van der Waals surface area contributed by atoms with E-state index < -0.39 is 11.6 Å². The summed E-state index contributed by atoms with van der Waals surface area (Å²) in [5.74, 6) is -1.70. The summed E-state index contributed by atoms with van der Waals surface area (Å²) in [4.78, 5) is 0. The molecule has 1 fully saturated rings. The molecule has 0 unspecified atom stereocenters. The maximum Gasteiger partial charge on any atom is 0.200 e. The molecular formula is C10H10F2O. The molecule has 1 aromatic carbocycles. The summed E-state index contributed by atoms with van der Waals surface area (Å²) in [6.45, 7) is 0. The van der Waals surface area contributed by atoms with Gasteiger partial charge in [-0.1, -0.05) is 6.07 Å². The van der Waals surface area contributed by atoms with Crippen LogP contribution < -0.4 is 4.74 Å². The molecule has 0 bridgehead atoms. The van der Waals surface area contributed by atoms with Crippen molar-refractivity contribution in [2.24, 2.45) is 0 Å². The molecule has 1 aromatic rings. The highest BCUT2D eigenvalue weighted by Crippen LogP contribution is 2.27. The van der Waals surface area contributed by atoms with Crippen LogP contribution in [0.4, 0.5) is 8.78 Å². The minimum atomic E-state index is -0.880. The van der Waals surface area contributed by atoms with Crippen LogP contribution >= 0.6 is 0 Å². The van der Waals surface area contributed by atoms with Crippen molar-refractivity contribution in [3.63, 3.8) is 0 Å². The molecule has 0 amide bonds. The van der Waals surface area contributed by atoms with Crippen molar-refractivity contribution in [3.05, 3.63) is 29.8 Å². The van der Waals surface area contributed by atoms with Crippen LogP contribution in [-0.2, 0) is 0 Å². The summed E-state index contributed by atoms with van der Waals surface area (Å²) in [7, 11) is 0. The summed E-state index contributed by atoms with van der Waals surface area (Å²) in [5.41, 5.74) is 0. The molecule has 0 aliphatic heterocycles. The Labute approximate surface area is 75.3 Å². The lowest BCUT2D eigenvalue weighted by Crippen LogP contribution is -2.25. The van der Waals surface area contributed by atoms with E-state index >= 15 is 0 Å². The van der Waals surface area contributed by atoms with E-state index in [1.165, 1.54) is 12.1 Å². The van der Waals surface area contributed by atoms with Gasteiger partial charge in [0.25, 0.3) is 0 Å². The van der Waals surface area contributed by atoms with Crippen molar-refractivity contribution < 1.29 is 13.5 Å². The van der Waals surface area contributed by atoms with Crippen LogP contribution in [0, 0.1) is 11.6 Å². The van der Waals surface area contributed by atoms with Crippen LogP contribution in [-0.4, -0.2) is 6.10 Å². The Hall–Kier alpha value is -1.12. The highest BCUT2D eigenvalue weighted by atomic mass is 19.2. The van der Waals surface area contributed by atoms with Gasteiger partial charge in [-0.2, -0.15) is 4.39 Å². The van der Waals surface area contributed by atoms with Gasteiger partial charge in [0.15, 0.2) is 11.6 Å². The summed E-state index contributed by atoms with van der Waals surface area (Å²) in [5, 5.41) is 0. The van der Waals surface area contributed by atoms with Crippen LogP contribution in [0.25, 0.3) is 0 Å². The van der Waals surface area contributed by atoms with Gasteiger partial charge in [0, 0.05) is 0 Å². The van der Waals surface area contributed by atoms with Crippen LogP contribution in [0.2, 0.25) is 0 Å². The number of ether oxygens (including phenoxy) is 1. The van der Waals surface area contributed by atoms with Crippen LogP contribution in [0.5, 0.6) is 5.75 Å². The summed E-state index contributed by atoms with van der Waals surface area (Å²) in [6, 6.07) is 3.99. The van der Waals surface area contributed by atoms with Crippen molar-refractivity contribution in [1.82, 2.24) is 0 Å². The van der Waals surface area contributed by atoms with E-state index in [4.69, 9.17) is 4.74 Å². The highest BCUT2D eigenvalue weighted by Gasteiger charge is 2.21. The zero-order valence-electron chi connectivity index (χ0n) is 7.09. The molecule has 0 saturated heterocycles. The maximum atomic E-state index is 13.0. The normalized spacial score (nSPS) is 16.8. The molecule has 0 spiro atoms. The van der Waals surface area contributed by atoms with E-state index in [9.17, 15) is 8.78 Å². The van der Waals surface area contributed by atoms with Gasteiger partial charge < -0.3 is 4.74 Å². The molecule has 0 N–H and O–H groups in total. The fourth-order valence-electron chi connectivity index (χ4n) is 1.24. The van der Waals surface area contributed by atoms with Gasteiger partial charge in [-0.3, -0.25) is 0 Å². The topological polar surface area (TPSA) is 9.23 Å². The van der Waals surface area contributed by atoms with Crippen LogP contribution in [0.1, 0.15) is 19.3 Å². The second-order valence-electron chi connectivity index (χ2n) is 3.22. The first-order valence-electron chi connectivity index (χ1n) is 4.38. The van der Waals surface area contributed by atoms with Crippen molar-refractivity contribution in [2.45, 2.75) is 25.4 Å². The van der Waals surface area contributed by atoms with E-state index in [1.54, 1.807) is 0 Å². The Morgan fingerprint density at radius 3 is 2.62 bits per heavy atom. The Balaban J connectivity index is 2.14. The zero-order chi connectivity index (χ0) is 9.26. The smallest absolute Gasteiger partial charge is 0.200 e. The number of benzene rings is 1. The highest BCUT2D eigenvalue weighted by molar-refractivity contribution is 5.25. The molecule has 0 radical (unpaired) electrons. The van der Waals surface area contributed by atoms with E-state index in [0.717, 1.165) is 25.3 Å². The van der Waals surface area contributed by atoms with Crippen molar-refractivity contribution >= 4 is 0 Å². The first-order chi connectivity index (χ1) is 6.27. The molecule has 13 heavy (non-hydrogen) atoms. The Morgan fingerprint density at radius 2 is 2.00 bits per heavy atom. The largest absolute Gasteiger partial charge is 0.487 e. The molecule has 2 rings (SSSR count). The predicted molar refractivity (Wildman–Crippen MR) is 44.6 cm³/mol. The van der Waals surface area contributed by atoms with E-state index in [-0.39, 0.29) is 11.9 Å². The van der Waals surface area contributed by atoms with E-state index in [0.29, 0.717) is 0 Å². The SMILES string of the molecule is Fc1cccc(OC2CCC2)c1F. The fourth-order valence-corrected chi connectivity index (χ4v) is 1.24. The van der Waals surface area contributed by atoms with Crippen LogP contribution in [0.3, 0.4) is 0 Å². The van der Waals surface area contributed by atoms with Gasteiger partial charge in [-0.15, -0.1) is 0 Å². The molecular weight excluding hydrogens is 174 g/mol. The van der Waals surface area contributed by atoms with Gasteiger partial charge in [0.1, 0.15) is 0 Å². The molecule has 0 aromatic heterocycles. The van der Waals surface area contributed by atoms with Gasteiger partial charge in [0.2, 0.25) is 5.82 Å². The second kappa shape index (κ2) is 3.32. The van der Waals surface area contributed by atoms with Crippen molar-refractivity contribution in [1.29, 1.82) is 0 Å². The predicted octanol–water partition coefficient (Wildman–Crippen LogP) is 2.90. The van der Waals surface area contributed by atoms with Gasteiger partial charge >= 0.3 is 0 Å². The second-order valence-corrected chi connectivity index (χ2v) is 3.22. The van der Waals surface area contributed by atoms with Gasteiger partial charge in [0.05, 0.1) is 6.10 Å². The Kier molecular flexibility index (Phi) is 2.17. The van der Waals surface area contributed by atoms with Crippen molar-refractivity contribution in [3.8, 4) is 5.75 Å². The molecule has 1 nitrogen and oxygen atoms in total. The third-order valence-corrected chi connectivity index (χ3v) is 2.26. The number of hydrogen-bond donors (Lipinski definition) is 0. The molecule has 1 saturated carbocycles. The molecule has 1 aliphatic carbocycles. The van der Waals surface area contributed by atoms with Crippen LogP contribution in [0.15, 0.2) is 18.2 Å². The van der Waals surface area contributed by atoms with Gasteiger partial charge in [-0.25, -0.2) is 4.39 Å². The summed E-state index contributed by atoms with van der Waals surface area (Å²) >= 11 is 0. The molecule has 70 valence electrons. The lowest BCUT2D eigenvalue weighted by atomic mass is 9.96. The minimum absolute atomic E-state index is 0.0321. The average molecular weight is 184 g/mol. The third kappa shape index (κ3) is 1.64. The number of halogens is 2. The van der Waals surface area contributed by atoms with Gasteiger partial charge in [-0.05, 0) is 31.4 Å². The molecule has 0 heterocycles. The summed E-state index contributed by atoms with van der Waals surface area (Å²) < 4.78 is 31.0. The lowest BCUT2D eigenvalue weighted by Gasteiger charge is -2.26. The molecule has 3 heteroatoms. The number of hydrogen-bond acceptors (Lipinski definition) is 1. The first kappa shape index (κ1) is 8.48. The molecule has 0 atom stereocenters. The van der Waals surface area contributed by atoms with Crippen molar-refractivity contribution in [2.75, 3.05) is 0 Å². The zero-order valence-corrected chi connectivity index (χ0v) is 7.09. The standard InChI is InChI=1S/C10H10F2O/c11-8-5-2-6-9(10(8)12)13-7-3-1-4-7/h2,5-7H,1,3-4H2. The maximum absolute atomic E-state index is 13.0. The van der Waals surface area contributed by atoms with E-state index in [1.807, 2.05) is 0 Å². The lowest BCUT2D eigenvalue weighted by molar-refractivity contribution is 0.114. The Bertz CT molecular complexity index is 308. The third-order valence-electron chi connectivity index (χ3n) is 2.26. The molecule has 1 aliphatic rings. The number of rotatable bonds is 2. The monoisotopic (exact) mass is 184 g/mol. The first-order valence-corrected chi connectivity index (χ1v) is 4.38. The minimum Gasteiger partial charge on any atom is -0.487 e. The summed E-state index contributed by atoms with van der Waals surface area (Å²) in [6.07, 6.45) is 3.07. The average Bonchev–Trinajstić information content (AvgIpc) is 2.04.